The first-order valence-corrected chi connectivity index (χ1v) is 8.51. The van der Waals surface area contributed by atoms with Gasteiger partial charge in [-0.25, -0.2) is 0 Å². The number of nitrogens with zero attached hydrogens (tertiary/aromatic N) is 1. The number of carbonyl (C=O) groups excluding carboxylic acids is 2. The monoisotopic (exact) mass is 338 g/mol. The summed E-state index contributed by atoms with van der Waals surface area (Å²) in [5, 5.41) is 2.88. The van der Waals surface area contributed by atoms with Gasteiger partial charge in [0.1, 0.15) is 5.75 Å². The number of rotatable bonds is 5. The van der Waals surface area contributed by atoms with E-state index in [-0.39, 0.29) is 11.8 Å². The molecule has 3 rings (SSSR count). The van der Waals surface area contributed by atoms with Gasteiger partial charge in [-0.05, 0) is 42.7 Å². The molecule has 0 radical (unpaired) electrons. The van der Waals surface area contributed by atoms with Crippen molar-refractivity contribution >= 4 is 23.2 Å². The molecule has 1 N–H and O–H groups in total. The van der Waals surface area contributed by atoms with Crippen molar-refractivity contribution in [3.8, 4) is 5.75 Å². The van der Waals surface area contributed by atoms with Crippen LogP contribution in [-0.2, 0) is 11.2 Å². The van der Waals surface area contributed by atoms with Gasteiger partial charge in [0.25, 0.3) is 5.91 Å². The molecule has 25 heavy (non-hydrogen) atoms. The minimum atomic E-state index is -0.172. The molecule has 0 atom stereocenters. The van der Waals surface area contributed by atoms with Gasteiger partial charge in [0.15, 0.2) is 0 Å². The Kier molecular flexibility index (Phi) is 5.03. The number of benzene rings is 2. The largest absolute Gasteiger partial charge is 0.494 e. The summed E-state index contributed by atoms with van der Waals surface area (Å²) in [5.74, 6) is 0.509. The van der Waals surface area contributed by atoms with Crippen LogP contribution in [0.15, 0.2) is 42.5 Å². The van der Waals surface area contributed by atoms with Crippen molar-refractivity contribution in [2.45, 2.75) is 26.2 Å². The number of carbonyl (C=O) groups is 2. The summed E-state index contributed by atoms with van der Waals surface area (Å²) in [7, 11) is 1.56. The van der Waals surface area contributed by atoms with Crippen molar-refractivity contribution in [2.24, 2.45) is 0 Å². The number of nitrogens with one attached hydrogen (secondary N) is 1. The first-order valence-electron chi connectivity index (χ1n) is 8.51. The summed E-state index contributed by atoms with van der Waals surface area (Å²) < 4.78 is 5.42. The van der Waals surface area contributed by atoms with Crippen LogP contribution in [0.2, 0.25) is 0 Å². The standard InChI is InChI=1S/C20H22N2O3/c1-3-14-6-8-15(9-7-14)20(24)21-16-10-11-17(18(13-16)25-2)22-12-4-5-19(22)23/h6-11,13H,3-5,12H2,1-2H3,(H,21,24). The van der Waals surface area contributed by atoms with E-state index in [0.717, 1.165) is 18.5 Å². The Hall–Kier alpha value is -2.82. The summed E-state index contributed by atoms with van der Waals surface area (Å²) in [5.41, 5.74) is 3.18. The van der Waals surface area contributed by atoms with E-state index in [2.05, 4.69) is 12.2 Å². The summed E-state index contributed by atoms with van der Waals surface area (Å²) in [6.07, 6.45) is 2.36. The third kappa shape index (κ3) is 3.65. The highest BCUT2D eigenvalue weighted by molar-refractivity contribution is 6.05. The Morgan fingerprint density at radius 3 is 2.56 bits per heavy atom. The van der Waals surface area contributed by atoms with Crippen LogP contribution < -0.4 is 15.0 Å². The Bertz CT molecular complexity index is 784. The van der Waals surface area contributed by atoms with Gasteiger partial charge >= 0.3 is 0 Å². The topological polar surface area (TPSA) is 58.6 Å². The maximum absolute atomic E-state index is 12.4. The number of ether oxygens (including phenoxy) is 1. The number of anilines is 2. The van der Waals surface area contributed by atoms with E-state index < -0.39 is 0 Å². The number of amides is 2. The molecular weight excluding hydrogens is 316 g/mol. The molecule has 2 aromatic carbocycles. The molecule has 0 bridgehead atoms. The van der Waals surface area contributed by atoms with E-state index in [9.17, 15) is 9.59 Å². The van der Waals surface area contributed by atoms with Crippen LogP contribution in [-0.4, -0.2) is 25.5 Å². The fourth-order valence-electron chi connectivity index (χ4n) is 2.98. The molecule has 1 saturated heterocycles. The van der Waals surface area contributed by atoms with Crippen LogP contribution in [0.5, 0.6) is 5.75 Å². The molecule has 0 saturated carbocycles. The zero-order valence-corrected chi connectivity index (χ0v) is 14.5. The fraction of sp³-hybridized carbons (Fsp3) is 0.300. The molecule has 2 aromatic rings. The highest BCUT2D eigenvalue weighted by Crippen LogP contribution is 2.33. The summed E-state index contributed by atoms with van der Waals surface area (Å²) >= 11 is 0. The molecule has 2 amide bonds. The van der Waals surface area contributed by atoms with Crippen LogP contribution in [0, 0.1) is 0 Å². The number of hydrogen-bond donors (Lipinski definition) is 1. The van der Waals surface area contributed by atoms with Gasteiger partial charge in [-0.1, -0.05) is 19.1 Å². The van der Waals surface area contributed by atoms with Crippen molar-refractivity contribution in [1.82, 2.24) is 0 Å². The average molecular weight is 338 g/mol. The predicted molar refractivity (Wildman–Crippen MR) is 98.4 cm³/mol. The maximum atomic E-state index is 12.4. The van der Waals surface area contributed by atoms with E-state index in [1.54, 1.807) is 24.1 Å². The molecule has 0 aliphatic carbocycles. The van der Waals surface area contributed by atoms with Crippen LogP contribution in [0.1, 0.15) is 35.7 Å². The molecular formula is C20H22N2O3. The second-order valence-corrected chi connectivity index (χ2v) is 6.04. The average Bonchev–Trinajstić information content (AvgIpc) is 3.07. The summed E-state index contributed by atoms with van der Waals surface area (Å²) in [6.45, 7) is 2.78. The smallest absolute Gasteiger partial charge is 0.255 e. The van der Waals surface area contributed by atoms with Crippen molar-refractivity contribution in [1.29, 1.82) is 0 Å². The Balaban J connectivity index is 1.78. The van der Waals surface area contributed by atoms with Gasteiger partial charge in [-0.15, -0.1) is 0 Å². The fourth-order valence-corrected chi connectivity index (χ4v) is 2.98. The van der Waals surface area contributed by atoms with Gasteiger partial charge in [-0.2, -0.15) is 0 Å². The molecule has 5 heteroatoms. The predicted octanol–water partition coefficient (Wildman–Crippen LogP) is 3.64. The molecule has 1 aliphatic heterocycles. The van der Waals surface area contributed by atoms with E-state index in [1.807, 2.05) is 30.3 Å². The molecule has 5 nitrogen and oxygen atoms in total. The molecule has 130 valence electrons. The summed E-state index contributed by atoms with van der Waals surface area (Å²) in [4.78, 5) is 26.1. The van der Waals surface area contributed by atoms with Crippen LogP contribution >= 0.6 is 0 Å². The zero-order chi connectivity index (χ0) is 17.8. The number of aryl methyl sites for hydroxylation is 1. The van der Waals surface area contributed by atoms with Crippen molar-refractivity contribution < 1.29 is 14.3 Å². The van der Waals surface area contributed by atoms with Crippen LogP contribution in [0.4, 0.5) is 11.4 Å². The first-order chi connectivity index (χ1) is 12.1. The third-order valence-corrected chi connectivity index (χ3v) is 4.43. The zero-order valence-electron chi connectivity index (χ0n) is 14.5. The molecule has 0 aromatic heterocycles. The van der Waals surface area contributed by atoms with Gasteiger partial charge < -0.3 is 15.0 Å². The van der Waals surface area contributed by atoms with Crippen LogP contribution in [0.25, 0.3) is 0 Å². The van der Waals surface area contributed by atoms with Crippen molar-refractivity contribution in [3.63, 3.8) is 0 Å². The lowest BCUT2D eigenvalue weighted by Gasteiger charge is -2.19. The number of methoxy groups -OCH3 is 1. The van der Waals surface area contributed by atoms with Crippen molar-refractivity contribution in [3.05, 3.63) is 53.6 Å². The normalized spacial score (nSPS) is 13.8. The second kappa shape index (κ2) is 7.38. The lowest BCUT2D eigenvalue weighted by molar-refractivity contribution is -0.117. The Morgan fingerprint density at radius 2 is 1.96 bits per heavy atom. The van der Waals surface area contributed by atoms with Gasteiger partial charge in [0.05, 0.1) is 12.8 Å². The third-order valence-electron chi connectivity index (χ3n) is 4.43. The Morgan fingerprint density at radius 1 is 1.20 bits per heavy atom. The van der Waals surface area contributed by atoms with Gasteiger partial charge in [-0.3, -0.25) is 9.59 Å². The van der Waals surface area contributed by atoms with E-state index >= 15 is 0 Å². The molecule has 1 aliphatic rings. The van der Waals surface area contributed by atoms with E-state index in [0.29, 0.717) is 30.0 Å². The van der Waals surface area contributed by atoms with Crippen LogP contribution in [0.3, 0.4) is 0 Å². The van der Waals surface area contributed by atoms with Crippen molar-refractivity contribution in [2.75, 3.05) is 23.9 Å². The minimum absolute atomic E-state index is 0.103. The molecule has 1 heterocycles. The van der Waals surface area contributed by atoms with E-state index in [4.69, 9.17) is 4.74 Å². The highest BCUT2D eigenvalue weighted by atomic mass is 16.5. The van der Waals surface area contributed by atoms with E-state index in [1.165, 1.54) is 5.56 Å². The second-order valence-electron chi connectivity index (χ2n) is 6.04. The molecule has 0 spiro atoms. The lowest BCUT2D eigenvalue weighted by atomic mass is 10.1. The maximum Gasteiger partial charge on any atom is 0.255 e. The molecule has 0 unspecified atom stereocenters. The lowest BCUT2D eigenvalue weighted by Crippen LogP contribution is -2.24. The first kappa shape index (κ1) is 17.0. The van der Waals surface area contributed by atoms with Gasteiger partial charge in [0.2, 0.25) is 5.91 Å². The number of hydrogen-bond acceptors (Lipinski definition) is 3. The SMILES string of the molecule is CCc1ccc(C(=O)Nc2ccc(N3CCCC3=O)c(OC)c2)cc1. The molecule has 1 fully saturated rings. The Labute approximate surface area is 147 Å². The van der Waals surface area contributed by atoms with Gasteiger partial charge in [0, 0.05) is 30.3 Å². The summed E-state index contributed by atoms with van der Waals surface area (Å²) in [6, 6.07) is 12.9. The highest BCUT2D eigenvalue weighted by Gasteiger charge is 2.24. The quantitative estimate of drug-likeness (QED) is 0.905. The minimum Gasteiger partial charge on any atom is -0.494 e.